The number of carbonyl (C=O) groups is 1. The number of rotatable bonds is 1. The second-order valence-corrected chi connectivity index (χ2v) is 4.71. The van der Waals surface area contributed by atoms with Gasteiger partial charge in [0.15, 0.2) is 0 Å². The molecule has 0 saturated carbocycles. The molecule has 1 saturated heterocycles. The fourth-order valence-electron chi connectivity index (χ4n) is 2.26. The smallest absolute Gasteiger partial charge is 0.322 e. The summed E-state index contributed by atoms with van der Waals surface area (Å²) in [6, 6.07) is 4.08. The number of urea groups is 1. The number of phenols is 2. The van der Waals surface area contributed by atoms with Gasteiger partial charge in [-0.05, 0) is 26.2 Å². The van der Waals surface area contributed by atoms with Gasteiger partial charge in [0.1, 0.15) is 11.5 Å². The minimum Gasteiger partial charge on any atom is -0.508 e. The Labute approximate surface area is 106 Å². The van der Waals surface area contributed by atoms with Gasteiger partial charge in [0.2, 0.25) is 0 Å². The summed E-state index contributed by atoms with van der Waals surface area (Å²) < 4.78 is 0. The van der Waals surface area contributed by atoms with E-state index in [9.17, 15) is 15.0 Å². The lowest BCUT2D eigenvalue weighted by atomic mass is 10.0. The van der Waals surface area contributed by atoms with Crippen LogP contribution in [0.25, 0.3) is 0 Å². The van der Waals surface area contributed by atoms with Crippen molar-refractivity contribution in [2.75, 3.05) is 11.9 Å². The summed E-state index contributed by atoms with van der Waals surface area (Å²) in [5.74, 6) is -0.144. The van der Waals surface area contributed by atoms with Crippen LogP contribution in [0.5, 0.6) is 11.5 Å². The molecule has 1 aliphatic rings. The minimum atomic E-state index is -0.188. The first-order valence-electron chi connectivity index (χ1n) is 6.17. The first kappa shape index (κ1) is 12.5. The van der Waals surface area contributed by atoms with Gasteiger partial charge in [-0.3, -0.25) is 0 Å². The third-order valence-electron chi connectivity index (χ3n) is 3.22. The Balaban J connectivity index is 2.06. The maximum atomic E-state index is 12.1. The highest BCUT2D eigenvalue weighted by molar-refractivity contribution is 5.90. The van der Waals surface area contributed by atoms with E-state index in [0.29, 0.717) is 5.69 Å². The summed E-state index contributed by atoms with van der Waals surface area (Å²) in [7, 11) is 0. The average molecular weight is 250 g/mol. The van der Waals surface area contributed by atoms with Crippen LogP contribution in [0.3, 0.4) is 0 Å². The Morgan fingerprint density at radius 1 is 1.28 bits per heavy atom. The Bertz CT molecular complexity index is 428. The van der Waals surface area contributed by atoms with Crippen molar-refractivity contribution in [2.45, 2.75) is 32.2 Å². The highest BCUT2D eigenvalue weighted by atomic mass is 16.3. The molecule has 1 atom stereocenters. The zero-order chi connectivity index (χ0) is 13.1. The summed E-state index contributed by atoms with van der Waals surface area (Å²) in [4.78, 5) is 13.8. The number of nitrogens with one attached hydrogen (secondary N) is 1. The highest BCUT2D eigenvalue weighted by Gasteiger charge is 2.23. The fourth-order valence-corrected chi connectivity index (χ4v) is 2.26. The molecule has 0 spiro atoms. The number of phenolic OH excluding ortho intramolecular Hbond substituents is 2. The van der Waals surface area contributed by atoms with Crippen molar-refractivity contribution in [2.24, 2.45) is 0 Å². The van der Waals surface area contributed by atoms with Gasteiger partial charge < -0.3 is 20.4 Å². The van der Waals surface area contributed by atoms with E-state index in [1.54, 1.807) is 4.90 Å². The maximum absolute atomic E-state index is 12.1. The predicted octanol–water partition coefficient (Wildman–Crippen LogP) is 2.50. The number of hydrogen-bond acceptors (Lipinski definition) is 3. The lowest BCUT2D eigenvalue weighted by Crippen LogP contribution is -2.44. The molecule has 0 aliphatic carbocycles. The molecule has 18 heavy (non-hydrogen) atoms. The normalized spacial score (nSPS) is 19.6. The maximum Gasteiger partial charge on any atom is 0.322 e. The van der Waals surface area contributed by atoms with Gasteiger partial charge in [-0.2, -0.15) is 0 Å². The van der Waals surface area contributed by atoms with Crippen LogP contribution in [0.15, 0.2) is 18.2 Å². The van der Waals surface area contributed by atoms with Gasteiger partial charge in [0, 0.05) is 36.5 Å². The van der Waals surface area contributed by atoms with Crippen molar-refractivity contribution >= 4 is 11.7 Å². The second kappa shape index (κ2) is 5.16. The van der Waals surface area contributed by atoms with Gasteiger partial charge in [0.25, 0.3) is 0 Å². The molecule has 0 bridgehead atoms. The zero-order valence-corrected chi connectivity index (χ0v) is 10.4. The topological polar surface area (TPSA) is 72.8 Å². The summed E-state index contributed by atoms with van der Waals surface area (Å²) in [6.07, 6.45) is 3.18. The van der Waals surface area contributed by atoms with Gasteiger partial charge in [-0.25, -0.2) is 4.79 Å². The number of anilines is 1. The molecule has 2 rings (SSSR count). The minimum absolute atomic E-state index is 0.0722. The van der Waals surface area contributed by atoms with Crippen LogP contribution < -0.4 is 5.32 Å². The first-order chi connectivity index (χ1) is 8.56. The SMILES string of the molecule is CC1CCCCN1C(=O)Nc1cc(O)cc(O)c1. The molecule has 2 amide bonds. The summed E-state index contributed by atoms with van der Waals surface area (Å²) >= 11 is 0. The van der Waals surface area contributed by atoms with Crippen LogP contribution in [0.2, 0.25) is 0 Å². The molecule has 1 aromatic rings. The van der Waals surface area contributed by atoms with Crippen molar-refractivity contribution in [1.82, 2.24) is 4.90 Å². The highest BCUT2D eigenvalue weighted by Crippen LogP contribution is 2.25. The summed E-state index contributed by atoms with van der Waals surface area (Å²) in [6.45, 7) is 2.77. The fraction of sp³-hybridized carbons (Fsp3) is 0.462. The van der Waals surface area contributed by atoms with Crippen molar-refractivity contribution in [3.05, 3.63) is 18.2 Å². The largest absolute Gasteiger partial charge is 0.508 e. The van der Waals surface area contributed by atoms with E-state index in [4.69, 9.17) is 0 Å². The third-order valence-corrected chi connectivity index (χ3v) is 3.22. The van der Waals surface area contributed by atoms with E-state index in [-0.39, 0.29) is 23.6 Å². The third kappa shape index (κ3) is 2.85. The Morgan fingerprint density at radius 3 is 2.56 bits per heavy atom. The molecular formula is C13H18N2O3. The lowest BCUT2D eigenvalue weighted by Gasteiger charge is -2.33. The van der Waals surface area contributed by atoms with E-state index in [0.717, 1.165) is 25.8 Å². The molecule has 0 radical (unpaired) electrons. The molecule has 3 N–H and O–H groups in total. The van der Waals surface area contributed by atoms with Crippen molar-refractivity contribution < 1.29 is 15.0 Å². The van der Waals surface area contributed by atoms with Crippen LogP contribution in [0.1, 0.15) is 26.2 Å². The van der Waals surface area contributed by atoms with Gasteiger partial charge in [-0.15, -0.1) is 0 Å². The molecule has 5 nitrogen and oxygen atoms in total. The van der Waals surface area contributed by atoms with Crippen molar-refractivity contribution in [3.8, 4) is 11.5 Å². The number of hydrogen-bond donors (Lipinski definition) is 3. The van der Waals surface area contributed by atoms with E-state index in [2.05, 4.69) is 5.32 Å². The molecule has 98 valence electrons. The van der Waals surface area contributed by atoms with Gasteiger partial charge >= 0.3 is 6.03 Å². The van der Waals surface area contributed by atoms with Gasteiger partial charge in [0.05, 0.1) is 0 Å². The monoisotopic (exact) mass is 250 g/mol. The molecular weight excluding hydrogens is 232 g/mol. The van der Waals surface area contributed by atoms with Crippen LogP contribution in [0, 0.1) is 0 Å². The van der Waals surface area contributed by atoms with Crippen LogP contribution in [-0.4, -0.2) is 33.7 Å². The lowest BCUT2D eigenvalue weighted by molar-refractivity contribution is 0.170. The molecule has 1 aliphatic heterocycles. The molecule has 0 aromatic heterocycles. The molecule has 1 heterocycles. The van der Waals surface area contributed by atoms with E-state index in [1.807, 2.05) is 6.92 Å². The van der Waals surface area contributed by atoms with E-state index in [1.165, 1.54) is 18.2 Å². The summed E-state index contributed by atoms with van der Waals surface area (Å²) in [5.41, 5.74) is 0.398. The number of aromatic hydroxyl groups is 2. The van der Waals surface area contributed by atoms with E-state index < -0.39 is 0 Å². The molecule has 1 unspecified atom stereocenters. The Kier molecular flexibility index (Phi) is 3.60. The standard InChI is InChI=1S/C13H18N2O3/c1-9-4-2-3-5-15(9)13(18)14-10-6-11(16)8-12(17)7-10/h6-9,16-17H,2-5H2,1H3,(H,14,18). The van der Waals surface area contributed by atoms with E-state index >= 15 is 0 Å². The number of nitrogens with zero attached hydrogens (tertiary/aromatic N) is 1. The predicted molar refractivity (Wildman–Crippen MR) is 68.8 cm³/mol. The molecule has 1 aromatic carbocycles. The van der Waals surface area contributed by atoms with Crippen molar-refractivity contribution in [3.63, 3.8) is 0 Å². The number of carbonyl (C=O) groups excluding carboxylic acids is 1. The molecule has 1 fully saturated rings. The van der Waals surface area contributed by atoms with Crippen LogP contribution in [-0.2, 0) is 0 Å². The van der Waals surface area contributed by atoms with Crippen LogP contribution >= 0.6 is 0 Å². The quantitative estimate of drug-likeness (QED) is 0.717. The Hall–Kier alpha value is -1.91. The average Bonchev–Trinajstić information content (AvgIpc) is 2.27. The number of piperidine rings is 1. The Morgan fingerprint density at radius 2 is 1.94 bits per heavy atom. The zero-order valence-electron chi connectivity index (χ0n) is 10.4. The van der Waals surface area contributed by atoms with Crippen molar-refractivity contribution in [1.29, 1.82) is 0 Å². The van der Waals surface area contributed by atoms with Crippen LogP contribution in [0.4, 0.5) is 10.5 Å². The number of amides is 2. The molecule has 5 heteroatoms. The first-order valence-corrected chi connectivity index (χ1v) is 6.17. The second-order valence-electron chi connectivity index (χ2n) is 4.71. The summed E-state index contributed by atoms with van der Waals surface area (Å²) in [5, 5.41) is 21.4. The van der Waals surface area contributed by atoms with Gasteiger partial charge in [-0.1, -0.05) is 0 Å². The number of benzene rings is 1. The number of likely N-dealkylation sites (tertiary alicyclic amines) is 1.